The molecular formula is C36H50N6O5. The van der Waals surface area contributed by atoms with E-state index in [9.17, 15) is 19.2 Å². The van der Waals surface area contributed by atoms with Crippen LogP contribution in [0.4, 0.5) is 0 Å². The van der Waals surface area contributed by atoms with Crippen molar-refractivity contribution in [2.75, 3.05) is 39.8 Å². The van der Waals surface area contributed by atoms with Gasteiger partial charge in [-0.05, 0) is 43.1 Å². The Hall–Kier alpha value is -3.73. The highest BCUT2D eigenvalue weighted by Gasteiger charge is 2.62. The van der Waals surface area contributed by atoms with Crippen LogP contribution in [0.15, 0.2) is 42.7 Å². The Balaban J connectivity index is 1.16. The van der Waals surface area contributed by atoms with Gasteiger partial charge in [-0.3, -0.25) is 23.9 Å². The molecule has 11 nitrogen and oxygen atoms in total. The first-order valence-corrected chi connectivity index (χ1v) is 17.3. The van der Waals surface area contributed by atoms with Crippen molar-refractivity contribution in [1.29, 1.82) is 0 Å². The van der Waals surface area contributed by atoms with Crippen LogP contribution < -0.4 is 10.6 Å². The number of rotatable bonds is 11. The number of carbonyl (C=O) groups is 4. The number of aromatic nitrogens is 2. The van der Waals surface area contributed by atoms with Crippen LogP contribution in [0.2, 0.25) is 0 Å². The Morgan fingerprint density at radius 2 is 1.68 bits per heavy atom. The first-order valence-electron chi connectivity index (χ1n) is 17.3. The summed E-state index contributed by atoms with van der Waals surface area (Å²) in [5.41, 5.74) is 0.945. The lowest BCUT2D eigenvalue weighted by Crippen LogP contribution is -2.65. The zero-order chi connectivity index (χ0) is 33.3. The molecule has 1 spiro atoms. The Kier molecular flexibility index (Phi) is 9.47. The summed E-state index contributed by atoms with van der Waals surface area (Å²) < 4.78 is 7.92. The summed E-state index contributed by atoms with van der Waals surface area (Å²) in [7, 11) is 1.56. The van der Waals surface area contributed by atoms with Gasteiger partial charge in [0, 0.05) is 57.4 Å². The standard InChI is InChI=1S/C36H50N6O5/c1-24(47-20-26-13-9-6-10-14-26)30(32(44)37-4)39-31(43)29-19-40(21-36(29)22-41(23-36)34(46)28-15-35(28,2)3)33(45)27-16-38-42(18-27)17-25-11-7-5-8-12-25/h5,7-8,11-12,16,18,24,26,28-30H,6,9-10,13-15,17,19-23H2,1-4H3,(H,37,44)(H,39,43)/t24-,28?,29?,30+/m1/s1. The van der Waals surface area contributed by atoms with E-state index in [0.29, 0.717) is 44.3 Å². The number of carbonyl (C=O) groups excluding carboxylic acids is 4. The topological polar surface area (TPSA) is 126 Å². The molecule has 2 aromatic rings. The van der Waals surface area contributed by atoms with Gasteiger partial charge >= 0.3 is 0 Å². The van der Waals surface area contributed by atoms with E-state index >= 15 is 0 Å². The average molecular weight is 647 g/mol. The van der Waals surface area contributed by atoms with Gasteiger partial charge in [0.05, 0.1) is 30.3 Å². The van der Waals surface area contributed by atoms with Crippen molar-refractivity contribution < 1.29 is 23.9 Å². The fourth-order valence-corrected chi connectivity index (χ4v) is 7.84. The highest BCUT2D eigenvalue weighted by Crippen LogP contribution is 2.54. The van der Waals surface area contributed by atoms with Crippen LogP contribution in [0.5, 0.6) is 0 Å². The van der Waals surface area contributed by atoms with Crippen molar-refractivity contribution in [3.63, 3.8) is 0 Å². The van der Waals surface area contributed by atoms with E-state index in [0.717, 1.165) is 24.8 Å². The van der Waals surface area contributed by atoms with Gasteiger partial charge in [0.2, 0.25) is 17.7 Å². The van der Waals surface area contributed by atoms with Crippen LogP contribution >= 0.6 is 0 Å². The minimum atomic E-state index is -0.876. The van der Waals surface area contributed by atoms with Gasteiger partial charge < -0.3 is 25.2 Å². The van der Waals surface area contributed by atoms with E-state index in [-0.39, 0.29) is 41.5 Å². The van der Waals surface area contributed by atoms with Gasteiger partial charge in [-0.2, -0.15) is 5.10 Å². The SMILES string of the molecule is CNC(=O)[C@@H](NC(=O)C1CN(C(=O)c2cnn(Cc3ccccc3)c2)CC12CN(C(=O)C1CC1(C)C)C2)[C@@H](C)OCC1CCCCC1. The summed E-state index contributed by atoms with van der Waals surface area (Å²) >= 11 is 0. The molecule has 0 radical (unpaired) electrons. The number of hydrogen-bond acceptors (Lipinski definition) is 6. The number of ether oxygens (including phenoxy) is 1. The zero-order valence-corrected chi connectivity index (χ0v) is 28.2. The molecular weight excluding hydrogens is 596 g/mol. The van der Waals surface area contributed by atoms with E-state index in [1.54, 1.807) is 29.0 Å². The number of benzene rings is 1. The van der Waals surface area contributed by atoms with Gasteiger partial charge in [0.25, 0.3) is 5.91 Å². The summed E-state index contributed by atoms with van der Waals surface area (Å²) in [6.07, 6.45) is 9.55. The van der Waals surface area contributed by atoms with Crippen molar-refractivity contribution in [3.8, 4) is 0 Å². The lowest BCUT2D eigenvalue weighted by molar-refractivity contribution is -0.152. The molecule has 2 saturated heterocycles. The molecule has 0 bridgehead atoms. The second kappa shape index (κ2) is 13.4. The van der Waals surface area contributed by atoms with Crippen LogP contribution in [0.3, 0.4) is 0 Å². The molecule has 4 fully saturated rings. The maximum Gasteiger partial charge on any atom is 0.257 e. The summed E-state index contributed by atoms with van der Waals surface area (Å²) in [6.45, 7) is 8.51. The summed E-state index contributed by atoms with van der Waals surface area (Å²) in [5.74, 6) is -0.792. The molecule has 254 valence electrons. The number of hydrogen-bond donors (Lipinski definition) is 2. The third-order valence-electron chi connectivity index (χ3n) is 11.1. The molecule has 11 heteroatoms. The van der Waals surface area contributed by atoms with Gasteiger partial charge in [0.1, 0.15) is 6.04 Å². The third-order valence-corrected chi connectivity index (χ3v) is 11.1. The monoisotopic (exact) mass is 646 g/mol. The van der Waals surface area contributed by atoms with Crippen LogP contribution in [0, 0.1) is 28.6 Å². The molecule has 1 aromatic carbocycles. The van der Waals surface area contributed by atoms with Crippen LogP contribution in [0.25, 0.3) is 0 Å². The molecule has 2 aliphatic heterocycles. The number of amides is 4. The summed E-state index contributed by atoms with van der Waals surface area (Å²) in [6, 6.07) is 9.04. The molecule has 2 aliphatic carbocycles. The lowest BCUT2D eigenvalue weighted by Gasteiger charge is -2.50. The number of nitrogens with zero attached hydrogens (tertiary/aromatic N) is 4. The first kappa shape index (κ1) is 33.2. The predicted octanol–water partition coefficient (Wildman–Crippen LogP) is 3.09. The van der Waals surface area contributed by atoms with Crippen LogP contribution in [-0.2, 0) is 25.7 Å². The third kappa shape index (κ3) is 7.10. The molecule has 4 amide bonds. The highest BCUT2D eigenvalue weighted by atomic mass is 16.5. The maximum atomic E-state index is 14.1. The largest absolute Gasteiger partial charge is 0.376 e. The quantitative estimate of drug-likeness (QED) is 0.387. The second-order valence-corrected chi connectivity index (χ2v) is 15.1. The van der Waals surface area contributed by atoms with Crippen molar-refractivity contribution in [3.05, 3.63) is 53.9 Å². The van der Waals surface area contributed by atoms with Crippen molar-refractivity contribution in [2.24, 2.45) is 28.6 Å². The summed E-state index contributed by atoms with van der Waals surface area (Å²) in [5, 5.41) is 10.1. The molecule has 4 aliphatic rings. The number of likely N-dealkylation sites (N-methyl/N-ethyl adjacent to an activating group) is 1. The molecule has 2 unspecified atom stereocenters. The molecule has 6 rings (SSSR count). The van der Waals surface area contributed by atoms with Gasteiger partial charge in [0.15, 0.2) is 0 Å². The first-order chi connectivity index (χ1) is 22.5. The number of nitrogens with one attached hydrogen (secondary N) is 2. The molecule has 4 atom stereocenters. The zero-order valence-electron chi connectivity index (χ0n) is 28.2. The van der Waals surface area contributed by atoms with Crippen LogP contribution in [0.1, 0.15) is 75.2 Å². The molecule has 1 aromatic heterocycles. The Morgan fingerprint density at radius 3 is 2.34 bits per heavy atom. The minimum Gasteiger partial charge on any atom is -0.376 e. The van der Waals surface area contributed by atoms with E-state index in [1.807, 2.05) is 42.2 Å². The molecule has 2 saturated carbocycles. The van der Waals surface area contributed by atoms with Crippen molar-refractivity contribution in [1.82, 2.24) is 30.2 Å². The van der Waals surface area contributed by atoms with Crippen molar-refractivity contribution >= 4 is 23.6 Å². The van der Waals surface area contributed by atoms with E-state index in [4.69, 9.17) is 4.74 Å². The average Bonchev–Trinajstić information content (AvgIpc) is 3.37. The van der Waals surface area contributed by atoms with E-state index < -0.39 is 23.5 Å². The van der Waals surface area contributed by atoms with Gasteiger partial charge in [-0.1, -0.05) is 63.4 Å². The normalized spacial score (nSPS) is 24.3. The van der Waals surface area contributed by atoms with E-state index in [1.165, 1.54) is 19.3 Å². The fourth-order valence-electron chi connectivity index (χ4n) is 7.84. The molecule has 2 N–H and O–H groups in total. The molecule has 47 heavy (non-hydrogen) atoms. The lowest BCUT2D eigenvalue weighted by atomic mass is 9.70. The van der Waals surface area contributed by atoms with Crippen molar-refractivity contribution in [2.45, 2.75) is 78.0 Å². The highest BCUT2D eigenvalue weighted by molar-refractivity contribution is 5.95. The Labute approximate surface area is 277 Å². The Morgan fingerprint density at radius 1 is 1.00 bits per heavy atom. The minimum absolute atomic E-state index is 0.00140. The fraction of sp³-hybridized carbons (Fsp3) is 0.639. The van der Waals surface area contributed by atoms with Gasteiger partial charge in [-0.25, -0.2) is 0 Å². The number of likely N-dealkylation sites (tertiary alicyclic amines) is 2. The maximum absolute atomic E-state index is 14.1. The smallest absolute Gasteiger partial charge is 0.257 e. The predicted molar refractivity (Wildman–Crippen MR) is 176 cm³/mol. The van der Waals surface area contributed by atoms with Gasteiger partial charge in [-0.15, -0.1) is 0 Å². The van der Waals surface area contributed by atoms with E-state index in [2.05, 4.69) is 29.6 Å². The molecule has 3 heterocycles. The van der Waals surface area contributed by atoms with Crippen LogP contribution in [-0.4, -0.2) is 95.2 Å². The second-order valence-electron chi connectivity index (χ2n) is 15.1. The summed E-state index contributed by atoms with van der Waals surface area (Å²) in [4.78, 5) is 57.8. The Bertz CT molecular complexity index is 1460.